The van der Waals surface area contributed by atoms with Crippen molar-refractivity contribution in [3.8, 4) is 11.5 Å². The van der Waals surface area contributed by atoms with Crippen molar-refractivity contribution in [3.05, 3.63) is 84.4 Å². The van der Waals surface area contributed by atoms with E-state index in [1.165, 1.54) is 0 Å². The first-order chi connectivity index (χ1) is 14.6. The molecule has 1 unspecified atom stereocenters. The second kappa shape index (κ2) is 8.69. The van der Waals surface area contributed by atoms with Crippen molar-refractivity contribution in [2.75, 3.05) is 16.8 Å². The van der Waals surface area contributed by atoms with Gasteiger partial charge in [0.25, 0.3) is 11.8 Å². The van der Waals surface area contributed by atoms with Gasteiger partial charge in [-0.1, -0.05) is 48.5 Å². The Morgan fingerprint density at radius 1 is 1.03 bits per heavy atom. The fraction of sp³-hybridized carbons (Fsp3) is 0.167. The first-order valence-corrected chi connectivity index (χ1v) is 9.74. The molecule has 0 fully saturated rings. The highest BCUT2D eigenvalue weighted by Gasteiger charge is 2.31. The predicted molar refractivity (Wildman–Crippen MR) is 115 cm³/mol. The summed E-state index contributed by atoms with van der Waals surface area (Å²) in [6.07, 6.45) is -0.569. The van der Waals surface area contributed by atoms with E-state index >= 15 is 0 Å². The third-order valence-corrected chi connectivity index (χ3v) is 4.75. The van der Waals surface area contributed by atoms with E-state index in [0.29, 0.717) is 29.4 Å². The summed E-state index contributed by atoms with van der Waals surface area (Å²) in [5.74, 6) is 0.823. The molecule has 0 radical (unpaired) electrons. The molecule has 0 bridgehead atoms. The molecular formula is C24H22N2O4. The molecule has 3 aromatic rings. The lowest BCUT2D eigenvalue weighted by Crippen LogP contribution is -2.44. The van der Waals surface area contributed by atoms with Crippen LogP contribution in [0.5, 0.6) is 11.5 Å². The molecule has 0 saturated heterocycles. The molecule has 1 aliphatic heterocycles. The number of hydrogen-bond donors (Lipinski definition) is 1. The van der Waals surface area contributed by atoms with Gasteiger partial charge in [-0.05, 0) is 42.8 Å². The molecule has 4 rings (SSSR count). The smallest absolute Gasteiger partial charge is 0.268 e. The maximum Gasteiger partial charge on any atom is 0.268 e. The Morgan fingerprint density at radius 2 is 1.73 bits per heavy atom. The van der Waals surface area contributed by atoms with Gasteiger partial charge in [0.15, 0.2) is 12.7 Å². The topological polar surface area (TPSA) is 67.9 Å². The standard InChI is InChI=1S/C24H22N2O4/c1-17-24(28)26(15-18-8-4-2-5-9-18)21-14-19(12-13-22(21)30-17)25-23(27)16-29-20-10-6-3-7-11-20/h2-14,17H,15-16H2,1H3,(H,25,27). The molecule has 6 heteroatoms. The summed E-state index contributed by atoms with van der Waals surface area (Å²) in [5, 5.41) is 2.82. The van der Waals surface area contributed by atoms with Crippen LogP contribution in [0.15, 0.2) is 78.9 Å². The van der Waals surface area contributed by atoms with Crippen molar-refractivity contribution in [1.29, 1.82) is 0 Å². The first-order valence-electron chi connectivity index (χ1n) is 9.74. The Labute approximate surface area is 175 Å². The van der Waals surface area contributed by atoms with Crippen molar-refractivity contribution in [2.45, 2.75) is 19.6 Å². The Hall–Kier alpha value is -3.80. The van der Waals surface area contributed by atoms with Crippen molar-refractivity contribution >= 4 is 23.2 Å². The van der Waals surface area contributed by atoms with Crippen LogP contribution in [0.1, 0.15) is 12.5 Å². The van der Waals surface area contributed by atoms with Crippen LogP contribution in [0, 0.1) is 0 Å². The SMILES string of the molecule is CC1Oc2ccc(NC(=O)COc3ccccc3)cc2N(Cc2ccccc2)C1=O. The normalized spacial score (nSPS) is 15.2. The lowest BCUT2D eigenvalue weighted by molar-refractivity contribution is -0.125. The van der Waals surface area contributed by atoms with Gasteiger partial charge in [0.1, 0.15) is 11.5 Å². The summed E-state index contributed by atoms with van der Waals surface area (Å²) in [6, 6.07) is 24.2. The predicted octanol–water partition coefficient (Wildman–Crippen LogP) is 4.02. The minimum absolute atomic E-state index is 0.110. The number of para-hydroxylation sites is 1. The molecule has 1 heterocycles. The van der Waals surface area contributed by atoms with Gasteiger partial charge in [-0.15, -0.1) is 0 Å². The van der Waals surface area contributed by atoms with E-state index in [9.17, 15) is 9.59 Å². The number of hydrogen-bond acceptors (Lipinski definition) is 4. The Morgan fingerprint density at radius 3 is 2.47 bits per heavy atom. The first kappa shape index (κ1) is 19.5. The number of amides is 2. The molecular weight excluding hydrogens is 380 g/mol. The fourth-order valence-electron chi connectivity index (χ4n) is 3.28. The number of carbonyl (C=O) groups excluding carboxylic acids is 2. The molecule has 152 valence electrons. The van der Waals surface area contributed by atoms with E-state index in [2.05, 4.69) is 5.32 Å². The van der Waals surface area contributed by atoms with E-state index in [4.69, 9.17) is 9.47 Å². The van der Waals surface area contributed by atoms with Gasteiger partial charge >= 0.3 is 0 Å². The minimum Gasteiger partial charge on any atom is -0.484 e. The van der Waals surface area contributed by atoms with Gasteiger partial charge in [0.05, 0.1) is 12.2 Å². The van der Waals surface area contributed by atoms with Gasteiger partial charge in [-0.2, -0.15) is 0 Å². The number of nitrogens with zero attached hydrogens (tertiary/aromatic N) is 1. The van der Waals surface area contributed by atoms with Crippen LogP contribution in [0.2, 0.25) is 0 Å². The van der Waals surface area contributed by atoms with E-state index < -0.39 is 6.10 Å². The Bertz CT molecular complexity index is 1040. The third-order valence-electron chi connectivity index (χ3n) is 4.75. The summed E-state index contributed by atoms with van der Waals surface area (Å²) in [4.78, 5) is 26.8. The molecule has 2 amide bonds. The fourth-order valence-corrected chi connectivity index (χ4v) is 3.28. The molecule has 1 N–H and O–H groups in total. The second-order valence-electron chi connectivity index (χ2n) is 7.00. The van der Waals surface area contributed by atoms with Crippen LogP contribution in [0.25, 0.3) is 0 Å². The second-order valence-corrected chi connectivity index (χ2v) is 7.00. The summed E-state index contributed by atoms with van der Waals surface area (Å²) in [7, 11) is 0. The number of benzene rings is 3. The van der Waals surface area contributed by atoms with Crippen LogP contribution < -0.4 is 19.7 Å². The van der Waals surface area contributed by atoms with Gasteiger partial charge < -0.3 is 19.7 Å². The number of anilines is 2. The summed E-state index contributed by atoms with van der Waals surface area (Å²) >= 11 is 0. The minimum atomic E-state index is -0.569. The maximum atomic E-state index is 12.8. The number of rotatable bonds is 6. The van der Waals surface area contributed by atoms with Crippen molar-refractivity contribution < 1.29 is 19.1 Å². The number of ether oxygens (including phenoxy) is 2. The van der Waals surface area contributed by atoms with Crippen LogP contribution in [-0.4, -0.2) is 24.5 Å². The number of nitrogens with one attached hydrogen (secondary N) is 1. The van der Waals surface area contributed by atoms with Gasteiger partial charge in [0, 0.05) is 5.69 Å². The van der Waals surface area contributed by atoms with Crippen molar-refractivity contribution in [3.63, 3.8) is 0 Å². The molecule has 3 aromatic carbocycles. The molecule has 6 nitrogen and oxygen atoms in total. The molecule has 0 spiro atoms. The third kappa shape index (κ3) is 4.43. The quantitative estimate of drug-likeness (QED) is 0.676. The molecule has 0 aliphatic carbocycles. The average Bonchev–Trinajstić information content (AvgIpc) is 2.77. The van der Waals surface area contributed by atoms with Gasteiger partial charge in [-0.25, -0.2) is 0 Å². The largest absolute Gasteiger partial charge is 0.484 e. The van der Waals surface area contributed by atoms with Crippen molar-refractivity contribution in [1.82, 2.24) is 0 Å². The zero-order chi connectivity index (χ0) is 20.9. The highest BCUT2D eigenvalue weighted by atomic mass is 16.5. The van der Waals surface area contributed by atoms with Crippen LogP contribution in [0.3, 0.4) is 0 Å². The lowest BCUT2D eigenvalue weighted by atomic mass is 10.1. The lowest BCUT2D eigenvalue weighted by Gasteiger charge is -2.33. The van der Waals surface area contributed by atoms with Crippen molar-refractivity contribution in [2.24, 2.45) is 0 Å². The van der Waals surface area contributed by atoms with E-state index in [1.807, 2.05) is 48.5 Å². The molecule has 30 heavy (non-hydrogen) atoms. The van der Waals surface area contributed by atoms with E-state index in [0.717, 1.165) is 5.56 Å². The zero-order valence-electron chi connectivity index (χ0n) is 16.6. The van der Waals surface area contributed by atoms with Gasteiger partial charge in [0.2, 0.25) is 0 Å². The Balaban J connectivity index is 1.50. The summed E-state index contributed by atoms with van der Waals surface area (Å²) in [5.41, 5.74) is 2.21. The number of fused-ring (bicyclic) bond motifs is 1. The molecule has 1 aliphatic rings. The monoisotopic (exact) mass is 402 g/mol. The molecule has 0 saturated carbocycles. The van der Waals surface area contributed by atoms with Crippen LogP contribution in [-0.2, 0) is 16.1 Å². The molecule has 0 aromatic heterocycles. The summed E-state index contributed by atoms with van der Waals surface area (Å²) < 4.78 is 11.2. The maximum absolute atomic E-state index is 12.8. The van der Waals surface area contributed by atoms with Gasteiger partial charge in [-0.3, -0.25) is 9.59 Å². The highest BCUT2D eigenvalue weighted by molar-refractivity contribution is 6.01. The average molecular weight is 402 g/mol. The summed E-state index contributed by atoms with van der Waals surface area (Å²) in [6.45, 7) is 2.05. The van der Waals surface area contributed by atoms with E-state index in [-0.39, 0.29) is 18.4 Å². The molecule has 1 atom stereocenters. The van der Waals surface area contributed by atoms with Crippen LogP contribution in [0.4, 0.5) is 11.4 Å². The zero-order valence-corrected chi connectivity index (χ0v) is 16.6. The van der Waals surface area contributed by atoms with Crippen LogP contribution >= 0.6 is 0 Å². The Kier molecular flexibility index (Phi) is 5.66. The highest BCUT2D eigenvalue weighted by Crippen LogP contribution is 2.37. The van der Waals surface area contributed by atoms with E-state index in [1.54, 1.807) is 42.2 Å². The number of carbonyl (C=O) groups is 2.